The normalized spacial score (nSPS) is 11.6. The van der Waals surface area contributed by atoms with E-state index in [-0.39, 0.29) is 0 Å². The van der Waals surface area contributed by atoms with Crippen LogP contribution >= 0.6 is 11.3 Å². The second-order valence-electron chi connectivity index (χ2n) is 11.7. The van der Waals surface area contributed by atoms with Crippen molar-refractivity contribution in [2.75, 3.05) is 0 Å². The maximum Gasteiger partial charge on any atom is 0.297 e. The first-order valence-electron chi connectivity index (χ1n) is 15.0. The summed E-state index contributed by atoms with van der Waals surface area (Å²) < 4.78 is 5.97. The third-order valence-electron chi connectivity index (χ3n) is 8.87. The first-order chi connectivity index (χ1) is 21.5. The van der Waals surface area contributed by atoms with E-state index in [0.29, 0.717) is 0 Å². The molecule has 0 N–H and O–H groups in total. The van der Waals surface area contributed by atoms with Crippen LogP contribution in [-0.2, 0) is 7.05 Å². The second kappa shape index (κ2) is 10.3. The molecule has 0 fully saturated rings. The van der Waals surface area contributed by atoms with Crippen molar-refractivity contribution in [3.63, 3.8) is 0 Å². The van der Waals surface area contributed by atoms with Crippen molar-refractivity contribution in [1.82, 2.24) is 9.55 Å². The van der Waals surface area contributed by atoms with Crippen LogP contribution in [0.5, 0.6) is 0 Å². The molecule has 0 aliphatic rings. The molecular formula is C40H32N3S+. The zero-order valence-electron chi connectivity index (χ0n) is 25.3. The largest absolute Gasteiger partial charge is 0.297 e. The molecule has 0 saturated heterocycles. The van der Waals surface area contributed by atoms with Gasteiger partial charge >= 0.3 is 0 Å². The summed E-state index contributed by atoms with van der Waals surface area (Å²) in [7, 11) is 2.18. The number of aromatic nitrogens is 3. The van der Waals surface area contributed by atoms with Crippen LogP contribution in [0.25, 0.3) is 70.8 Å². The molecule has 0 atom stereocenters. The maximum absolute atomic E-state index is 5.44. The first-order valence-corrected chi connectivity index (χ1v) is 15.9. The SMILES string of the molecule is Cc1cc(-c2ccccc2)cc(C)c1-c1nc2c(-c3n(-c4cccc5ccccc45)c4ccccc4[n+]3C)c(C)ccc2s1. The van der Waals surface area contributed by atoms with Gasteiger partial charge in [0.05, 0.1) is 22.8 Å². The van der Waals surface area contributed by atoms with Gasteiger partial charge in [-0.25, -0.2) is 9.55 Å². The van der Waals surface area contributed by atoms with Gasteiger partial charge in [-0.3, -0.25) is 0 Å². The summed E-state index contributed by atoms with van der Waals surface area (Å²) >= 11 is 1.79. The van der Waals surface area contributed by atoms with E-state index in [2.05, 4.69) is 158 Å². The monoisotopic (exact) mass is 586 g/mol. The van der Waals surface area contributed by atoms with Crippen molar-refractivity contribution in [2.24, 2.45) is 7.05 Å². The molecule has 0 amide bonds. The first kappa shape index (κ1) is 26.6. The van der Waals surface area contributed by atoms with E-state index in [1.165, 1.54) is 71.1 Å². The van der Waals surface area contributed by atoms with Crippen LogP contribution in [0.3, 0.4) is 0 Å². The summed E-state index contributed by atoms with van der Waals surface area (Å²) in [6.07, 6.45) is 0. The van der Waals surface area contributed by atoms with E-state index in [0.717, 1.165) is 16.3 Å². The minimum atomic E-state index is 1.05. The van der Waals surface area contributed by atoms with Crippen LogP contribution in [0.1, 0.15) is 16.7 Å². The molecule has 8 aromatic rings. The molecule has 0 unspecified atom stereocenters. The Hall–Kier alpha value is -5.06. The van der Waals surface area contributed by atoms with Crippen molar-refractivity contribution < 1.29 is 4.57 Å². The molecule has 0 aliphatic carbocycles. The lowest BCUT2D eigenvalue weighted by Gasteiger charge is -2.11. The highest BCUT2D eigenvalue weighted by Gasteiger charge is 2.30. The summed E-state index contributed by atoms with van der Waals surface area (Å²) in [4.78, 5) is 5.44. The van der Waals surface area contributed by atoms with E-state index in [1.54, 1.807) is 11.3 Å². The van der Waals surface area contributed by atoms with Gasteiger partial charge in [0.2, 0.25) is 0 Å². The average Bonchev–Trinajstić information content (AvgIpc) is 3.59. The molecule has 8 rings (SSSR count). The fraction of sp³-hybridized carbons (Fsp3) is 0.100. The van der Waals surface area contributed by atoms with Crippen LogP contribution < -0.4 is 4.57 Å². The van der Waals surface area contributed by atoms with Crippen LogP contribution in [0.2, 0.25) is 0 Å². The van der Waals surface area contributed by atoms with E-state index < -0.39 is 0 Å². The lowest BCUT2D eigenvalue weighted by Crippen LogP contribution is -2.30. The summed E-state index contributed by atoms with van der Waals surface area (Å²) in [6, 6.07) is 43.6. The molecule has 4 heteroatoms. The van der Waals surface area contributed by atoms with E-state index in [9.17, 15) is 0 Å². The fourth-order valence-electron chi connectivity index (χ4n) is 6.82. The molecule has 6 aromatic carbocycles. The van der Waals surface area contributed by atoms with Gasteiger partial charge in [-0.05, 0) is 78.2 Å². The van der Waals surface area contributed by atoms with Crippen LogP contribution in [0, 0.1) is 20.8 Å². The molecule has 2 aromatic heterocycles. The van der Waals surface area contributed by atoms with Gasteiger partial charge in [0.1, 0.15) is 10.7 Å². The Balaban J connectivity index is 1.39. The third-order valence-corrected chi connectivity index (χ3v) is 9.91. The predicted molar refractivity (Wildman–Crippen MR) is 186 cm³/mol. The highest BCUT2D eigenvalue weighted by molar-refractivity contribution is 7.21. The standard InChI is InChI=1S/C40H32N3S/c1-25-21-22-35-38(41-39(44-35)36-26(2)23-30(24-27(36)3)28-13-6-5-7-14-28)37(25)40-42(4)33-18-10-11-19-34(33)43(40)32-20-12-16-29-15-8-9-17-31(29)32/h5-24H,1-4H3/q+1. The van der Waals surface area contributed by atoms with Gasteiger partial charge < -0.3 is 0 Å². The number of thiazole rings is 1. The van der Waals surface area contributed by atoms with E-state index in [4.69, 9.17) is 4.98 Å². The molecule has 0 bridgehead atoms. The average molecular weight is 587 g/mol. The summed E-state index contributed by atoms with van der Waals surface area (Å²) in [5.41, 5.74) is 13.2. The smallest absolute Gasteiger partial charge is 0.235 e. The van der Waals surface area contributed by atoms with Crippen molar-refractivity contribution in [2.45, 2.75) is 20.8 Å². The number of rotatable bonds is 4. The van der Waals surface area contributed by atoms with Crippen LogP contribution in [-0.4, -0.2) is 9.55 Å². The molecule has 44 heavy (non-hydrogen) atoms. The maximum atomic E-state index is 5.44. The molecule has 0 aliphatic heterocycles. The summed E-state index contributed by atoms with van der Waals surface area (Å²) in [5.74, 6) is 1.13. The van der Waals surface area contributed by atoms with Crippen molar-refractivity contribution in [1.29, 1.82) is 0 Å². The van der Waals surface area contributed by atoms with Crippen LogP contribution in [0.4, 0.5) is 0 Å². The van der Waals surface area contributed by atoms with Gasteiger partial charge in [-0.2, -0.15) is 4.57 Å². The Morgan fingerprint density at radius 3 is 2.16 bits per heavy atom. The highest BCUT2D eigenvalue weighted by Crippen LogP contribution is 2.41. The molecule has 0 saturated carbocycles. The Kier molecular flexibility index (Phi) is 6.21. The number of aryl methyl sites for hydroxylation is 4. The number of para-hydroxylation sites is 2. The van der Waals surface area contributed by atoms with Gasteiger partial charge in [-0.15, -0.1) is 11.3 Å². The number of imidazole rings is 1. The Labute approximate surface area is 261 Å². The van der Waals surface area contributed by atoms with Gasteiger partial charge in [0, 0.05) is 10.9 Å². The Bertz CT molecular complexity index is 2350. The minimum Gasteiger partial charge on any atom is -0.235 e. The molecule has 0 radical (unpaired) electrons. The lowest BCUT2D eigenvalue weighted by molar-refractivity contribution is -0.633. The fourth-order valence-corrected chi connectivity index (χ4v) is 7.97. The molecule has 3 nitrogen and oxygen atoms in total. The quantitative estimate of drug-likeness (QED) is 0.188. The van der Waals surface area contributed by atoms with Gasteiger partial charge in [0.15, 0.2) is 11.0 Å². The Morgan fingerprint density at radius 2 is 1.34 bits per heavy atom. The van der Waals surface area contributed by atoms with Crippen molar-refractivity contribution >= 4 is 43.4 Å². The van der Waals surface area contributed by atoms with Crippen LogP contribution in [0.15, 0.2) is 121 Å². The molecule has 212 valence electrons. The second-order valence-corrected chi connectivity index (χ2v) is 12.7. The van der Waals surface area contributed by atoms with Crippen molar-refractivity contribution in [3.8, 4) is 38.8 Å². The number of benzene rings is 6. The summed E-state index contributed by atoms with van der Waals surface area (Å²) in [5, 5.41) is 3.52. The highest BCUT2D eigenvalue weighted by atomic mass is 32.1. The lowest BCUT2D eigenvalue weighted by atomic mass is 9.96. The zero-order valence-corrected chi connectivity index (χ0v) is 26.1. The summed E-state index contributed by atoms with van der Waals surface area (Å²) in [6.45, 7) is 6.64. The Morgan fingerprint density at radius 1 is 0.636 bits per heavy atom. The van der Waals surface area contributed by atoms with Gasteiger partial charge in [-0.1, -0.05) is 97.1 Å². The number of hydrogen-bond acceptors (Lipinski definition) is 2. The number of nitrogens with zero attached hydrogens (tertiary/aromatic N) is 3. The van der Waals surface area contributed by atoms with E-state index in [1.807, 2.05) is 0 Å². The zero-order chi connectivity index (χ0) is 29.9. The molecular weight excluding hydrogens is 555 g/mol. The topological polar surface area (TPSA) is 21.7 Å². The minimum absolute atomic E-state index is 1.05. The van der Waals surface area contributed by atoms with E-state index >= 15 is 0 Å². The third kappa shape index (κ3) is 4.10. The number of fused-ring (bicyclic) bond motifs is 3. The van der Waals surface area contributed by atoms with Gasteiger partial charge in [0.25, 0.3) is 5.82 Å². The predicted octanol–water partition coefficient (Wildman–Crippen LogP) is 10.1. The number of hydrogen-bond donors (Lipinski definition) is 0. The molecule has 0 spiro atoms. The van der Waals surface area contributed by atoms with Crippen molar-refractivity contribution in [3.05, 3.63) is 138 Å². The molecule has 2 heterocycles.